The molecule has 84 valence electrons. The molecule has 1 aromatic heterocycles. The van der Waals surface area contributed by atoms with Gasteiger partial charge in [-0.15, -0.1) is 10.2 Å². The number of nitrogens with zero attached hydrogens (tertiary/aromatic N) is 3. The van der Waals surface area contributed by atoms with Crippen LogP contribution in [0.2, 0.25) is 0 Å². The number of hydrogen-bond donors (Lipinski definition) is 1. The average molecular weight is 217 g/mol. The van der Waals surface area contributed by atoms with Crippen molar-refractivity contribution >= 4 is 0 Å². The van der Waals surface area contributed by atoms with Crippen LogP contribution in [-0.2, 0) is 0 Å². The number of aliphatic hydroxyl groups is 1. The van der Waals surface area contributed by atoms with Gasteiger partial charge in [0.1, 0.15) is 6.33 Å². The molecule has 0 aliphatic carbocycles. The third-order valence-electron chi connectivity index (χ3n) is 2.74. The molecular formula is C12H15N3O. The van der Waals surface area contributed by atoms with Crippen LogP contribution in [0, 0.1) is 0 Å². The summed E-state index contributed by atoms with van der Waals surface area (Å²) in [6.07, 6.45) is 1.22. The molecule has 0 aliphatic rings. The molecule has 1 heterocycles. The van der Waals surface area contributed by atoms with Crippen molar-refractivity contribution in [2.75, 3.05) is 0 Å². The second-order valence-electron chi connectivity index (χ2n) is 3.91. The lowest BCUT2D eigenvalue weighted by Gasteiger charge is -2.17. The van der Waals surface area contributed by atoms with Gasteiger partial charge in [-0.1, -0.05) is 30.3 Å². The predicted molar refractivity (Wildman–Crippen MR) is 61.8 cm³/mol. The smallest absolute Gasteiger partial charge is 0.164 e. The lowest BCUT2D eigenvalue weighted by atomic mass is 10.1. The van der Waals surface area contributed by atoms with Gasteiger partial charge in [-0.2, -0.15) is 0 Å². The Morgan fingerprint density at radius 1 is 1.19 bits per heavy atom. The zero-order valence-electron chi connectivity index (χ0n) is 9.41. The zero-order chi connectivity index (χ0) is 11.5. The van der Waals surface area contributed by atoms with Crippen molar-refractivity contribution in [2.24, 2.45) is 0 Å². The maximum Gasteiger partial charge on any atom is 0.164 e. The van der Waals surface area contributed by atoms with Crippen LogP contribution in [0.15, 0.2) is 36.7 Å². The fourth-order valence-electron chi connectivity index (χ4n) is 1.57. The molecule has 4 nitrogen and oxygen atoms in total. The average Bonchev–Trinajstić information content (AvgIpc) is 2.77. The van der Waals surface area contributed by atoms with Gasteiger partial charge in [0.2, 0.25) is 0 Å². The largest absolute Gasteiger partial charge is 0.391 e. The number of aromatic nitrogens is 3. The molecule has 2 atom stereocenters. The molecule has 0 bridgehead atoms. The minimum atomic E-state index is -0.432. The van der Waals surface area contributed by atoms with E-state index in [-0.39, 0.29) is 6.04 Å². The van der Waals surface area contributed by atoms with E-state index in [1.165, 1.54) is 0 Å². The van der Waals surface area contributed by atoms with Crippen LogP contribution >= 0.6 is 0 Å². The van der Waals surface area contributed by atoms with Crippen LogP contribution in [0.4, 0.5) is 0 Å². The summed E-state index contributed by atoms with van der Waals surface area (Å²) in [4.78, 5) is 0. The first-order chi connectivity index (χ1) is 7.70. The first kappa shape index (κ1) is 10.8. The van der Waals surface area contributed by atoms with E-state index in [1.807, 2.05) is 41.8 Å². The van der Waals surface area contributed by atoms with Crippen molar-refractivity contribution < 1.29 is 5.11 Å². The summed E-state index contributed by atoms with van der Waals surface area (Å²) in [7, 11) is 0. The fourth-order valence-corrected chi connectivity index (χ4v) is 1.57. The monoisotopic (exact) mass is 217 g/mol. The number of hydrogen-bond acceptors (Lipinski definition) is 3. The van der Waals surface area contributed by atoms with Crippen molar-refractivity contribution in [2.45, 2.75) is 26.0 Å². The van der Waals surface area contributed by atoms with Crippen molar-refractivity contribution in [3.8, 4) is 11.4 Å². The van der Waals surface area contributed by atoms with Crippen molar-refractivity contribution in [1.29, 1.82) is 0 Å². The normalized spacial score (nSPS) is 14.7. The number of rotatable bonds is 3. The quantitative estimate of drug-likeness (QED) is 0.854. The van der Waals surface area contributed by atoms with E-state index >= 15 is 0 Å². The molecule has 0 amide bonds. The number of benzene rings is 1. The lowest BCUT2D eigenvalue weighted by Crippen LogP contribution is -2.18. The minimum Gasteiger partial charge on any atom is -0.391 e. The Morgan fingerprint density at radius 2 is 1.88 bits per heavy atom. The van der Waals surface area contributed by atoms with E-state index in [0.717, 1.165) is 11.4 Å². The molecule has 1 N–H and O–H groups in total. The SMILES string of the molecule is CC(O)C(C)n1cnnc1-c1ccccc1. The van der Waals surface area contributed by atoms with E-state index < -0.39 is 6.10 Å². The van der Waals surface area contributed by atoms with Crippen LogP contribution < -0.4 is 0 Å². The summed E-state index contributed by atoms with van der Waals surface area (Å²) in [6.45, 7) is 3.71. The van der Waals surface area contributed by atoms with E-state index in [9.17, 15) is 5.11 Å². The highest BCUT2D eigenvalue weighted by Crippen LogP contribution is 2.21. The predicted octanol–water partition coefficient (Wildman–Crippen LogP) is 1.89. The van der Waals surface area contributed by atoms with E-state index in [2.05, 4.69) is 10.2 Å². The maximum absolute atomic E-state index is 9.59. The van der Waals surface area contributed by atoms with Crippen LogP contribution in [0.1, 0.15) is 19.9 Å². The molecular weight excluding hydrogens is 202 g/mol. The van der Waals surface area contributed by atoms with Crippen molar-refractivity contribution in [3.05, 3.63) is 36.7 Å². The van der Waals surface area contributed by atoms with Crippen LogP contribution in [0.3, 0.4) is 0 Å². The number of aliphatic hydroxyl groups excluding tert-OH is 1. The molecule has 16 heavy (non-hydrogen) atoms. The van der Waals surface area contributed by atoms with Gasteiger partial charge >= 0.3 is 0 Å². The standard InChI is InChI=1S/C12H15N3O/c1-9(10(2)16)15-8-13-14-12(15)11-6-4-3-5-7-11/h3-10,16H,1-2H3. The molecule has 0 saturated heterocycles. The summed E-state index contributed by atoms with van der Waals surface area (Å²) in [5.41, 5.74) is 1.01. The highest BCUT2D eigenvalue weighted by Gasteiger charge is 2.16. The van der Waals surface area contributed by atoms with E-state index in [1.54, 1.807) is 13.3 Å². The molecule has 0 spiro atoms. The summed E-state index contributed by atoms with van der Waals surface area (Å²) >= 11 is 0. The van der Waals surface area contributed by atoms with Crippen molar-refractivity contribution in [1.82, 2.24) is 14.8 Å². The second kappa shape index (κ2) is 4.45. The van der Waals surface area contributed by atoms with Gasteiger partial charge in [0.05, 0.1) is 12.1 Å². The Labute approximate surface area is 94.6 Å². The Morgan fingerprint density at radius 3 is 2.50 bits per heavy atom. The third-order valence-corrected chi connectivity index (χ3v) is 2.74. The van der Waals surface area contributed by atoms with Gasteiger partial charge in [-0.05, 0) is 13.8 Å². The Kier molecular flexibility index (Phi) is 3.01. The molecule has 0 fully saturated rings. The zero-order valence-corrected chi connectivity index (χ0v) is 9.41. The molecule has 0 saturated carbocycles. The first-order valence-electron chi connectivity index (χ1n) is 5.33. The Bertz CT molecular complexity index is 450. The van der Waals surface area contributed by atoms with Crippen LogP contribution in [-0.4, -0.2) is 26.0 Å². The highest BCUT2D eigenvalue weighted by atomic mass is 16.3. The Hall–Kier alpha value is -1.68. The fraction of sp³-hybridized carbons (Fsp3) is 0.333. The first-order valence-corrected chi connectivity index (χ1v) is 5.33. The summed E-state index contributed by atoms with van der Waals surface area (Å²) in [5.74, 6) is 0.786. The maximum atomic E-state index is 9.59. The second-order valence-corrected chi connectivity index (χ2v) is 3.91. The van der Waals surface area contributed by atoms with Gasteiger partial charge in [0.25, 0.3) is 0 Å². The minimum absolute atomic E-state index is 0.0368. The summed E-state index contributed by atoms with van der Waals surface area (Å²) in [5, 5.41) is 17.6. The molecule has 4 heteroatoms. The summed E-state index contributed by atoms with van der Waals surface area (Å²) < 4.78 is 1.89. The van der Waals surface area contributed by atoms with E-state index in [0.29, 0.717) is 0 Å². The Balaban J connectivity index is 2.40. The molecule has 2 rings (SSSR count). The topological polar surface area (TPSA) is 50.9 Å². The molecule has 0 radical (unpaired) electrons. The molecule has 2 aromatic rings. The van der Waals surface area contributed by atoms with Gasteiger partial charge < -0.3 is 9.67 Å². The van der Waals surface area contributed by atoms with Gasteiger partial charge in [0, 0.05) is 5.56 Å². The van der Waals surface area contributed by atoms with Crippen LogP contribution in [0.5, 0.6) is 0 Å². The summed E-state index contributed by atoms with van der Waals surface area (Å²) in [6, 6.07) is 9.81. The highest BCUT2D eigenvalue weighted by molar-refractivity contribution is 5.54. The lowest BCUT2D eigenvalue weighted by molar-refractivity contribution is 0.139. The van der Waals surface area contributed by atoms with Crippen molar-refractivity contribution in [3.63, 3.8) is 0 Å². The van der Waals surface area contributed by atoms with Crippen LogP contribution in [0.25, 0.3) is 11.4 Å². The van der Waals surface area contributed by atoms with Gasteiger partial charge in [-0.25, -0.2) is 0 Å². The molecule has 2 unspecified atom stereocenters. The van der Waals surface area contributed by atoms with E-state index in [4.69, 9.17) is 0 Å². The third kappa shape index (κ3) is 1.97. The van der Waals surface area contributed by atoms with Gasteiger partial charge in [-0.3, -0.25) is 0 Å². The molecule has 0 aliphatic heterocycles. The van der Waals surface area contributed by atoms with Gasteiger partial charge in [0.15, 0.2) is 5.82 Å². The molecule has 1 aromatic carbocycles.